The second-order valence-corrected chi connectivity index (χ2v) is 5.64. The Morgan fingerprint density at radius 3 is 2.73 bits per heavy atom. The molecule has 3 N–H and O–H groups in total. The summed E-state index contributed by atoms with van der Waals surface area (Å²) in [6, 6.07) is 3.01. The molecule has 2 aromatic rings. The Kier molecular flexibility index (Phi) is 6.84. The van der Waals surface area contributed by atoms with Crippen LogP contribution in [0, 0.1) is 0 Å². The van der Waals surface area contributed by atoms with Crippen molar-refractivity contribution in [2.24, 2.45) is 5.10 Å². The summed E-state index contributed by atoms with van der Waals surface area (Å²) in [6.07, 6.45) is 7.61. The number of hydrazone groups is 1. The van der Waals surface area contributed by atoms with Crippen LogP contribution in [0.2, 0.25) is 0 Å². The summed E-state index contributed by atoms with van der Waals surface area (Å²) in [5.74, 6) is -0.968. The number of H-pyrrole nitrogens is 1. The monoisotopic (exact) mass is 359 g/mol. The average Bonchev–Trinajstić information content (AvgIpc) is 2.64. The van der Waals surface area contributed by atoms with Gasteiger partial charge in [0.05, 0.1) is 6.21 Å². The standard InChI is InChI=1S/C17H21N5O4/c1-2-3-4-5-10-22-16(25)13(15(24)20-17(22)26)11-19-21-14(23)12-6-8-18-9-7-12/h6-9,11,25H,2-5,10H2,1H3,(H,21,23)(H,20,24,26). The Bertz CT molecular complexity index is 886. The van der Waals surface area contributed by atoms with Crippen LogP contribution in [0.3, 0.4) is 0 Å². The predicted octanol–water partition coefficient (Wildman–Crippen LogP) is 0.981. The van der Waals surface area contributed by atoms with Crippen molar-refractivity contribution in [3.63, 3.8) is 0 Å². The van der Waals surface area contributed by atoms with Crippen molar-refractivity contribution in [1.29, 1.82) is 0 Å². The van der Waals surface area contributed by atoms with Crippen molar-refractivity contribution in [1.82, 2.24) is 20.0 Å². The van der Waals surface area contributed by atoms with Crippen molar-refractivity contribution in [3.8, 4) is 5.88 Å². The van der Waals surface area contributed by atoms with Crippen LogP contribution in [0.1, 0.15) is 48.5 Å². The second-order valence-electron chi connectivity index (χ2n) is 5.64. The van der Waals surface area contributed by atoms with Crippen LogP contribution in [0.15, 0.2) is 39.2 Å². The zero-order valence-corrected chi connectivity index (χ0v) is 14.4. The fourth-order valence-electron chi connectivity index (χ4n) is 2.32. The van der Waals surface area contributed by atoms with Gasteiger partial charge in [0.25, 0.3) is 11.5 Å². The van der Waals surface area contributed by atoms with Gasteiger partial charge in [-0.15, -0.1) is 0 Å². The van der Waals surface area contributed by atoms with Gasteiger partial charge in [0.15, 0.2) is 0 Å². The first-order valence-corrected chi connectivity index (χ1v) is 8.34. The van der Waals surface area contributed by atoms with Gasteiger partial charge in [-0.25, -0.2) is 10.2 Å². The molecule has 2 heterocycles. The maximum atomic E-state index is 11.9. The van der Waals surface area contributed by atoms with Gasteiger partial charge in [0, 0.05) is 24.5 Å². The molecule has 0 bridgehead atoms. The van der Waals surface area contributed by atoms with Crippen LogP contribution in [0.5, 0.6) is 5.88 Å². The Labute approximate surface area is 149 Å². The number of nitrogens with one attached hydrogen (secondary N) is 2. The molecule has 9 nitrogen and oxygen atoms in total. The van der Waals surface area contributed by atoms with Gasteiger partial charge in [-0.1, -0.05) is 26.2 Å². The molecule has 2 aromatic heterocycles. The lowest BCUT2D eigenvalue weighted by molar-refractivity contribution is 0.0955. The van der Waals surface area contributed by atoms with Crippen molar-refractivity contribution in [3.05, 3.63) is 56.5 Å². The van der Waals surface area contributed by atoms with E-state index in [4.69, 9.17) is 0 Å². The summed E-state index contributed by atoms with van der Waals surface area (Å²) in [5.41, 5.74) is 0.935. The van der Waals surface area contributed by atoms with E-state index < -0.39 is 23.0 Å². The number of carbonyl (C=O) groups is 1. The Morgan fingerprint density at radius 1 is 1.31 bits per heavy atom. The molecule has 0 aliphatic heterocycles. The number of hydrogen-bond donors (Lipinski definition) is 3. The minimum atomic E-state index is -0.779. The van der Waals surface area contributed by atoms with Gasteiger partial charge < -0.3 is 5.11 Å². The van der Waals surface area contributed by atoms with E-state index in [9.17, 15) is 19.5 Å². The fourth-order valence-corrected chi connectivity index (χ4v) is 2.32. The molecule has 0 aromatic carbocycles. The van der Waals surface area contributed by atoms with Gasteiger partial charge in [-0.2, -0.15) is 5.10 Å². The van der Waals surface area contributed by atoms with Crippen molar-refractivity contribution in [2.45, 2.75) is 39.2 Å². The van der Waals surface area contributed by atoms with E-state index in [-0.39, 0.29) is 12.1 Å². The van der Waals surface area contributed by atoms with Gasteiger partial charge in [-0.3, -0.25) is 24.1 Å². The van der Waals surface area contributed by atoms with Gasteiger partial charge >= 0.3 is 5.69 Å². The quantitative estimate of drug-likeness (QED) is 0.367. The highest BCUT2D eigenvalue weighted by atomic mass is 16.3. The number of aromatic amines is 1. The van der Waals surface area contributed by atoms with Crippen LogP contribution in [0.25, 0.3) is 0 Å². The van der Waals surface area contributed by atoms with Crippen LogP contribution in [-0.2, 0) is 6.54 Å². The molecule has 0 saturated carbocycles. The van der Waals surface area contributed by atoms with E-state index in [1.54, 1.807) is 0 Å². The van der Waals surface area contributed by atoms with Gasteiger partial charge in [0.2, 0.25) is 5.88 Å². The Morgan fingerprint density at radius 2 is 2.04 bits per heavy atom. The molecule has 0 radical (unpaired) electrons. The molecule has 138 valence electrons. The lowest BCUT2D eigenvalue weighted by atomic mass is 10.2. The molecule has 0 aliphatic rings. The zero-order chi connectivity index (χ0) is 18.9. The number of pyridine rings is 1. The third-order valence-corrected chi connectivity index (χ3v) is 3.74. The molecule has 0 spiro atoms. The third kappa shape index (κ3) is 4.88. The molecule has 2 rings (SSSR count). The molecule has 0 aliphatic carbocycles. The first-order chi connectivity index (χ1) is 12.5. The molecular weight excluding hydrogens is 338 g/mol. The number of unbranched alkanes of at least 4 members (excludes halogenated alkanes) is 3. The minimum Gasteiger partial charge on any atom is -0.494 e. The number of aromatic hydroxyl groups is 1. The van der Waals surface area contributed by atoms with Crippen LogP contribution < -0.4 is 16.7 Å². The minimum absolute atomic E-state index is 0.199. The highest BCUT2D eigenvalue weighted by Crippen LogP contribution is 2.10. The van der Waals surface area contributed by atoms with Crippen molar-refractivity contribution < 1.29 is 9.90 Å². The predicted molar refractivity (Wildman–Crippen MR) is 96.4 cm³/mol. The number of nitrogens with zero attached hydrogens (tertiary/aromatic N) is 3. The number of aromatic nitrogens is 3. The Balaban J connectivity index is 2.14. The lowest BCUT2D eigenvalue weighted by Gasteiger charge is -2.09. The summed E-state index contributed by atoms with van der Waals surface area (Å²) < 4.78 is 1.09. The largest absolute Gasteiger partial charge is 0.494 e. The number of hydrogen-bond acceptors (Lipinski definition) is 6. The molecule has 9 heteroatoms. The van der Waals surface area contributed by atoms with Gasteiger partial charge in [0.1, 0.15) is 5.56 Å². The molecule has 0 fully saturated rings. The van der Waals surface area contributed by atoms with E-state index >= 15 is 0 Å². The average molecular weight is 359 g/mol. The number of amides is 1. The van der Waals surface area contributed by atoms with Crippen LogP contribution >= 0.6 is 0 Å². The summed E-state index contributed by atoms with van der Waals surface area (Å²) in [6.45, 7) is 2.35. The SMILES string of the molecule is CCCCCCn1c(O)c(C=NNC(=O)c2ccncc2)c(=O)[nH]c1=O. The van der Waals surface area contributed by atoms with Crippen LogP contribution in [0.4, 0.5) is 0 Å². The summed E-state index contributed by atoms with van der Waals surface area (Å²) in [5, 5.41) is 13.9. The van der Waals surface area contributed by atoms with E-state index in [1.807, 2.05) is 0 Å². The van der Waals surface area contributed by atoms with Crippen molar-refractivity contribution >= 4 is 12.1 Å². The maximum absolute atomic E-state index is 11.9. The summed E-state index contributed by atoms with van der Waals surface area (Å²) in [7, 11) is 0. The normalized spacial score (nSPS) is 11.0. The molecule has 0 saturated heterocycles. The second kappa shape index (κ2) is 9.30. The maximum Gasteiger partial charge on any atom is 0.331 e. The number of rotatable bonds is 8. The molecule has 1 amide bonds. The molecule has 0 atom stereocenters. The third-order valence-electron chi connectivity index (χ3n) is 3.74. The molecule has 26 heavy (non-hydrogen) atoms. The summed E-state index contributed by atoms with van der Waals surface area (Å²) >= 11 is 0. The highest BCUT2D eigenvalue weighted by molar-refractivity contribution is 5.94. The highest BCUT2D eigenvalue weighted by Gasteiger charge is 2.12. The molecule has 0 unspecified atom stereocenters. The van der Waals surface area contributed by atoms with Gasteiger partial charge in [-0.05, 0) is 18.6 Å². The topological polar surface area (TPSA) is 129 Å². The number of carbonyl (C=O) groups excluding carboxylic acids is 1. The molecular formula is C17H21N5O4. The van der Waals surface area contributed by atoms with Crippen LogP contribution in [-0.4, -0.2) is 31.8 Å². The first-order valence-electron chi connectivity index (χ1n) is 8.34. The zero-order valence-electron chi connectivity index (χ0n) is 14.4. The van der Waals surface area contributed by atoms with E-state index in [2.05, 4.69) is 27.4 Å². The van der Waals surface area contributed by atoms with E-state index in [1.165, 1.54) is 24.5 Å². The Hall–Kier alpha value is -3.23. The summed E-state index contributed by atoms with van der Waals surface area (Å²) in [4.78, 5) is 41.6. The smallest absolute Gasteiger partial charge is 0.331 e. The van der Waals surface area contributed by atoms with E-state index in [0.717, 1.165) is 30.0 Å². The fraction of sp³-hybridized carbons (Fsp3) is 0.353. The first kappa shape index (κ1) is 19.1. The van der Waals surface area contributed by atoms with Crippen molar-refractivity contribution in [2.75, 3.05) is 0 Å². The van der Waals surface area contributed by atoms with E-state index in [0.29, 0.717) is 12.0 Å². The lowest BCUT2D eigenvalue weighted by Crippen LogP contribution is -2.32.